The summed E-state index contributed by atoms with van der Waals surface area (Å²) in [6.07, 6.45) is 2.29. The van der Waals surface area contributed by atoms with Crippen molar-refractivity contribution in [2.24, 2.45) is 11.7 Å². The second-order valence-electron chi connectivity index (χ2n) is 6.92. The molecule has 0 amide bonds. The monoisotopic (exact) mass is 352 g/mol. The second-order valence-corrected chi connectivity index (χ2v) is 6.92. The van der Waals surface area contributed by atoms with Gasteiger partial charge >= 0.3 is 13.1 Å². The number of nitrogens with zero attached hydrogens (tertiary/aromatic N) is 1. The van der Waals surface area contributed by atoms with Crippen molar-refractivity contribution in [2.75, 3.05) is 13.1 Å². The van der Waals surface area contributed by atoms with Crippen LogP contribution in [0, 0.1) is 11.7 Å². The van der Waals surface area contributed by atoms with E-state index in [2.05, 4.69) is 4.90 Å². The summed E-state index contributed by atoms with van der Waals surface area (Å²) in [6.45, 7) is 1.98. The number of nitrogens with two attached hydrogens (primary N) is 1. The Bertz CT molecular complexity index is 572. The van der Waals surface area contributed by atoms with Gasteiger partial charge in [0.15, 0.2) is 0 Å². The third-order valence-corrected chi connectivity index (χ3v) is 5.02. The second kappa shape index (κ2) is 8.76. The van der Waals surface area contributed by atoms with Crippen LogP contribution in [0.1, 0.15) is 31.2 Å². The topological polar surface area (TPSA) is 107 Å². The Hall–Kier alpha value is -1.48. The van der Waals surface area contributed by atoms with E-state index < -0.39 is 18.6 Å². The smallest absolute Gasteiger partial charge is 0.451 e. The van der Waals surface area contributed by atoms with E-state index in [1.165, 1.54) is 12.1 Å². The molecule has 0 aromatic heterocycles. The maximum absolute atomic E-state index is 13.0. The average Bonchev–Trinajstić information content (AvgIpc) is 3.02. The molecule has 1 unspecified atom stereocenters. The lowest BCUT2D eigenvalue weighted by Gasteiger charge is -2.31. The van der Waals surface area contributed by atoms with E-state index in [9.17, 15) is 14.3 Å². The molecule has 1 fully saturated rings. The quantitative estimate of drug-likeness (QED) is 0.391. The third kappa shape index (κ3) is 5.50. The molecule has 6 nitrogen and oxygen atoms in total. The first-order valence-corrected chi connectivity index (χ1v) is 8.66. The lowest BCUT2D eigenvalue weighted by Crippen LogP contribution is -2.55. The van der Waals surface area contributed by atoms with Crippen LogP contribution in [0.5, 0.6) is 0 Å². The van der Waals surface area contributed by atoms with Gasteiger partial charge in [0, 0.05) is 19.0 Å². The molecule has 1 aromatic carbocycles. The van der Waals surface area contributed by atoms with Crippen LogP contribution in [0.25, 0.3) is 0 Å². The molecule has 5 N–H and O–H groups in total. The molecule has 138 valence electrons. The number of hydrogen-bond acceptors (Lipinski definition) is 5. The van der Waals surface area contributed by atoms with Gasteiger partial charge in [0.05, 0.1) is 0 Å². The van der Waals surface area contributed by atoms with Crippen LogP contribution in [-0.4, -0.2) is 51.8 Å². The Morgan fingerprint density at radius 3 is 2.60 bits per heavy atom. The number of hydrogen-bond donors (Lipinski definition) is 4. The minimum absolute atomic E-state index is 0.163. The van der Waals surface area contributed by atoms with Gasteiger partial charge in [-0.25, -0.2) is 4.39 Å². The van der Waals surface area contributed by atoms with Crippen molar-refractivity contribution in [3.8, 4) is 0 Å². The molecular weight excluding hydrogens is 326 g/mol. The van der Waals surface area contributed by atoms with E-state index in [-0.39, 0.29) is 18.1 Å². The lowest BCUT2D eigenvalue weighted by atomic mass is 9.77. The number of rotatable bonds is 9. The normalized spacial score (nSPS) is 20.4. The molecule has 0 bridgehead atoms. The average molecular weight is 352 g/mol. The molecule has 1 saturated heterocycles. The van der Waals surface area contributed by atoms with Crippen molar-refractivity contribution < 1.29 is 24.3 Å². The van der Waals surface area contributed by atoms with Crippen LogP contribution < -0.4 is 5.73 Å². The lowest BCUT2D eigenvalue weighted by molar-refractivity contribution is -0.145. The first-order valence-electron chi connectivity index (χ1n) is 8.66. The van der Waals surface area contributed by atoms with E-state index in [1.54, 1.807) is 12.1 Å². The Kier molecular flexibility index (Phi) is 6.95. The summed E-state index contributed by atoms with van der Waals surface area (Å²) in [5, 5.41) is 27.4. The summed E-state index contributed by atoms with van der Waals surface area (Å²) in [6, 6.07) is 6.30. The highest BCUT2D eigenvalue weighted by Gasteiger charge is 2.44. The number of carbonyl (C=O) groups is 1. The fraction of sp³-hybridized carbons (Fsp3) is 0.588. The Labute approximate surface area is 147 Å². The van der Waals surface area contributed by atoms with E-state index in [0.717, 1.165) is 12.1 Å². The first-order chi connectivity index (χ1) is 11.8. The molecule has 2 rings (SSSR count). The molecule has 1 aromatic rings. The number of aliphatic carboxylic acids is 1. The maximum atomic E-state index is 13.0. The Morgan fingerprint density at radius 1 is 1.32 bits per heavy atom. The van der Waals surface area contributed by atoms with Crippen LogP contribution in [-0.2, 0) is 11.3 Å². The highest BCUT2D eigenvalue weighted by atomic mass is 19.1. The molecule has 0 aliphatic carbocycles. The zero-order chi connectivity index (χ0) is 18.4. The van der Waals surface area contributed by atoms with Crippen LogP contribution >= 0.6 is 0 Å². The highest BCUT2D eigenvalue weighted by molar-refractivity contribution is 6.40. The van der Waals surface area contributed by atoms with Gasteiger partial charge in [0.2, 0.25) is 0 Å². The number of halogens is 1. The van der Waals surface area contributed by atoms with Crippen LogP contribution in [0.15, 0.2) is 24.3 Å². The van der Waals surface area contributed by atoms with Gasteiger partial charge < -0.3 is 20.9 Å². The predicted molar refractivity (Wildman–Crippen MR) is 93.2 cm³/mol. The van der Waals surface area contributed by atoms with E-state index in [4.69, 9.17) is 15.8 Å². The van der Waals surface area contributed by atoms with Gasteiger partial charge in [-0.1, -0.05) is 25.0 Å². The molecule has 1 heterocycles. The molecule has 1 aliphatic rings. The fourth-order valence-electron chi connectivity index (χ4n) is 3.47. The zero-order valence-electron chi connectivity index (χ0n) is 14.3. The summed E-state index contributed by atoms with van der Waals surface area (Å²) < 4.78 is 13.0. The van der Waals surface area contributed by atoms with Crippen LogP contribution in [0.2, 0.25) is 6.32 Å². The minimum Gasteiger partial charge on any atom is -0.480 e. The van der Waals surface area contributed by atoms with Gasteiger partial charge in [0.25, 0.3) is 0 Å². The molecule has 2 atom stereocenters. The highest BCUT2D eigenvalue weighted by Crippen LogP contribution is 2.31. The number of benzene rings is 1. The van der Waals surface area contributed by atoms with Gasteiger partial charge in [-0.3, -0.25) is 9.69 Å². The first kappa shape index (κ1) is 19.8. The molecule has 0 radical (unpaired) electrons. The SMILES string of the molecule is NC(CCCCB(O)O)(C(=O)O)[C@@H]1CCN(Cc2ccc(F)cc2)C1. The standard InChI is InChI=1S/C17H26BFN2O4/c19-15-5-3-13(4-6-15)11-21-10-7-14(12-21)17(20,16(22)23)8-1-2-9-18(24)25/h3-6,14,24-25H,1-2,7-12,20H2,(H,22,23)/t14-,17?/m1/s1. The van der Waals surface area contributed by atoms with Gasteiger partial charge in [-0.2, -0.15) is 0 Å². The summed E-state index contributed by atoms with van der Waals surface area (Å²) in [7, 11) is -1.37. The number of likely N-dealkylation sites (tertiary alicyclic amines) is 1. The van der Waals surface area contributed by atoms with Crippen molar-refractivity contribution in [3.63, 3.8) is 0 Å². The van der Waals surface area contributed by atoms with Gasteiger partial charge in [-0.15, -0.1) is 0 Å². The Morgan fingerprint density at radius 2 is 2.00 bits per heavy atom. The van der Waals surface area contributed by atoms with E-state index in [1.807, 2.05) is 0 Å². The zero-order valence-corrected chi connectivity index (χ0v) is 14.3. The molecule has 0 spiro atoms. The summed E-state index contributed by atoms with van der Waals surface area (Å²) in [5.74, 6) is -1.45. The number of carboxylic acids is 1. The van der Waals surface area contributed by atoms with Gasteiger partial charge in [-0.05, 0) is 43.4 Å². The van der Waals surface area contributed by atoms with E-state index >= 15 is 0 Å². The van der Waals surface area contributed by atoms with Crippen molar-refractivity contribution in [3.05, 3.63) is 35.6 Å². The van der Waals surface area contributed by atoms with Crippen molar-refractivity contribution >= 4 is 13.1 Å². The van der Waals surface area contributed by atoms with Crippen molar-refractivity contribution in [2.45, 2.75) is 44.1 Å². The van der Waals surface area contributed by atoms with Crippen molar-refractivity contribution in [1.82, 2.24) is 4.90 Å². The maximum Gasteiger partial charge on any atom is 0.451 e. The third-order valence-electron chi connectivity index (χ3n) is 5.02. The van der Waals surface area contributed by atoms with Crippen LogP contribution in [0.4, 0.5) is 4.39 Å². The van der Waals surface area contributed by atoms with Gasteiger partial charge in [0.1, 0.15) is 11.4 Å². The molecular formula is C17H26BFN2O4. The summed E-state index contributed by atoms with van der Waals surface area (Å²) in [5.41, 5.74) is 5.91. The summed E-state index contributed by atoms with van der Waals surface area (Å²) >= 11 is 0. The largest absolute Gasteiger partial charge is 0.480 e. The number of carboxylic acid groups (broad SMARTS) is 1. The molecule has 25 heavy (non-hydrogen) atoms. The number of unbranched alkanes of at least 4 members (excludes halogenated alkanes) is 1. The van der Waals surface area contributed by atoms with Crippen LogP contribution in [0.3, 0.4) is 0 Å². The van der Waals surface area contributed by atoms with E-state index in [0.29, 0.717) is 38.8 Å². The Balaban J connectivity index is 1.91. The fourth-order valence-corrected chi connectivity index (χ4v) is 3.47. The molecule has 0 saturated carbocycles. The predicted octanol–water partition coefficient (Wildman–Crippen LogP) is 1.07. The minimum atomic E-state index is -1.37. The van der Waals surface area contributed by atoms with Crippen molar-refractivity contribution in [1.29, 1.82) is 0 Å². The summed E-state index contributed by atoms with van der Waals surface area (Å²) in [4.78, 5) is 13.9. The molecule has 1 aliphatic heterocycles. The molecule has 8 heteroatoms.